The van der Waals surface area contributed by atoms with Crippen LogP contribution in [0.2, 0.25) is 0 Å². The number of ether oxygens (including phenoxy) is 1. The smallest absolute Gasteiger partial charge is 0.373 e. The lowest BCUT2D eigenvalue weighted by molar-refractivity contribution is -0.0934. The van der Waals surface area contributed by atoms with Crippen molar-refractivity contribution in [3.05, 3.63) is 58.1 Å². The van der Waals surface area contributed by atoms with Gasteiger partial charge < -0.3 is 4.74 Å². The van der Waals surface area contributed by atoms with Crippen LogP contribution in [0.4, 0.5) is 13.2 Å². The summed E-state index contributed by atoms with van der Waals surface area (Å²) in [5, 5.41) is 4.49. The zero-order valence-electron chi connectivity index (χ0n) is 19.0. The first-order chi connectivity index (χ1) is 16.3. The minimum atomic E-state index is -4.37. The number of halogens is 3. The molecule has 6 nitrogen and oxygen atoms in total. The third-order valence-electron chi connectivity index (χ3n) is 6.98. The maximum absolute atomic E-state index is 13.1. The molecular weight excluding hydrogens is 443 g/mol. The Labute approximate surface area is 194 Å². The molecule has 9 heteroatoms. The number of aryl methyl sites for hydroxylation is 2. The van der Waals surface area contributed by atoms with E-state index in [4.69, 9.17) is 9.72 Å². The molecular formula is C25H24F3N5O. The van der Waals surface area contributed by atoms with Crippen LogP contribution in [0.25, 0.3) is 16.6 Å². The van der Waals surface area contributed by atoms with Gasteiger partial charge in [-0.3, -0.25) is 4.68 Å². The number of fused-ring (bicyclic) bond motifs is 1. The van der Waals surface area contributed by atoms with Crippen molar-refractivity contribution >= 4 is 16.6 Å². The van der Waals surface area contributed by atoms with Gasteiger partial charge in [0.1, 0.15) is 11.2 Å². The summed E-state index contributed by atoms with van der Waals surface area (Å²) in [6, 6.07) is 2.44. The van der Waals surface area contributed by atoms with Gasteiger partial charge in [0.2, 0.25) is 0 Å². The van der Waals surface area contributed by atoms with Crippen LogP contribution >= 0.6 is 0 Å². The molecule has 6 rings (SSSR count). The average Bonchev–Trinajstić information content (AvgIpc) is 3.49. The number of alkyl halides is 3. The minimum Gasteiger partial charge on any atom is -0.373 e. The Morgan fingerprint density at radius 1 is 1.09 bits per heavy atom. The van der Waals surface area contributed by atoms with Crippen molar-refractivity contribution in [3.63, 3.8) is 0 Å². The van der Waals surface area contributed by atoms with Crippen molar-refractivity contribution in [3.8, 4) is 0 Å². The number of nitrogens with zero attached hydrogens (tertiary/aromatic N) is 5. The summed E-state index contributed by atoms with van der Waals surface area (Å²) in [5.41, 5.74) is 7.32. The van der Waals surface area contributed by atoms with Gasteiger partial charge in [-0.05, 0) is 45.6 Å². The Morgan fingerprint density at radius 3 is 2.59 bits per heavy atom. The molecule has 176 valence electrons. The summed E-state index contributed by atoms with van der Waals surface area (Å²) in [7, 11) is 0. The van der Waals surface area contributed by atoms with Crippen LogP contribution in [-0.4, -0.2) is 37.5 Å². The van der Waals surface area contributed by atoms with E-state index in [1.807, 2.05) is 30.8 Å². The van der Waals surface area contributed by atoms with E-state index >= 15 is 0 Å². The molecule has 1 saturated heterocycles. The summed E-state index contributed by atoms with van der Waals surface area (Å²) in [6.07, 6.45) is 3.14. The summed E-state index contributed by atoms with van der Waals surface area (Å²) in [6.45, 7) is 4.31. The Balaban J connectivity index is 1.38. The number of pyridine rings is 1. The van der Waals surface area contributed by atoms with Gasteiger partial charge in [0.15, 0.2) is 0 Å². The Bertz CT molecular complexity index is 1360. The first-order valence-electron chi connectivity index (χ1n) is 11.6. The number of hydrogen-bond acceptors (Lipinski definition) is 5. The first-order valence-corrected chi connectivity index (χ1v) is 11.6. The molecule has 3 aliphatic rings. The van der Waals surface area contributed by atoms with E-state index in [9.17, 15) is 13.2 Å². The van der Waals surface area contributed by atoms with Crippen LogP contribution in [-0.2, 0) is 4.74 Å². The van der Waals surface area contributed by atoms with Crippen LogP contribution < -0.4 is 0 Å². The monoisotopic (exact) mass is 467 g/mol. The van der Waals surface area contributed by atoms with E-state index in [-0.39, 0.29) is 18.4 Å². The zero-order valence-corrected chi connectivity index (χ0v) is 19.0. The van der Waals surface area contributed by atoms with E-state index < -0.39 is 11.7 Å². The highest BCUT2D eigenvalue weighted by Crippen LogP contribution is 2.43. The fourth-order valence-corrected chi connectivity index (χ4v) is 4.68. The molecule has 3 aromatic heterocycles. The van der Waals surface area contributed by atoms with E-state index in [0.717, 1.165) is 35.5 Å². The number of rotatable bonds is 4. The lowest BCUT2D eigenvalue weighted by Gasteiger charge is -2.29. The molecule has 1 saturated carbocycles. The van der Waals surface area contributed by atoms with Gasteiger partial charge in [0, 0.05) is 42.0 Å². The van der Waals surface area contributed by atoms with Gasteiger partial charge in [-0.15, -0.1) is 5.73 Å². The van der Waals surface area contributed by atoms with E-state index in [1.54, 1.807) is 0 Å². The summed E-state index contributed by atoms with van der Waals surface area (Å²) < 4.78 is 47.3. The molecule has 34 heavy (non-hydrogen) atoms. The van der Waals surface area contributed by atoms with E-state index in [1.165, 1.54) is 12.8 Å². The molecule has 0 spiro atoms. The summed E-state index contributed by atoms with van der Waals surface area (Å²) in [4.78, 5) is 14.2. The molecule has 1 aliphatic heterocycles. The molecule has 0 amide bonds. The van der Waals surface area contributed by atoms with Crippen LogP contribution in [0.15, 0.2) is 29.8 Å². The SMILES string of the molecule is Cc1nc2cc(C3CCOC(c4cnn(C5CC5)c4)C3)nc(C3=C=C(C(F)(F)F)C3)c2nc1C. The van der Waals surface area contributed by atoms with Crippen LogP contribution in [0.1, 0.15) is 78.5 Å². The van der Waals surface area contributed by atoms with Crippen molar-refractivity contribution in [1.29, 1.82) is 0 Å². The summed E-state index contributed by atoms with van der Waals surface area (Å²) >= 11 is 0. The fourth-order valence-electron chi connectivity index (χ4n) is 4.68. The van der Waals surface area contributed by atoms with Crippen molar-refractivity contribution in [1.82, 2.24) is 24.7 Å². The molecule has 4 heterocycles. The van der Waals surface area contributed by atoms with Gasteiger partial charge in [0.25, 0.3) is 0 Å². The highest BCUT2D eigenvalue weighted by molar-refractivity contribution is 5.89. The minimum absolute atomic E-state index is 0.0855. The predicted octanol–water partition coefficient (Wildman–Crippen LogP) is 5.68. The van der Waals surface area contributed by atoms with Crippen molar-refractivity contribution in [2.45, 2.75) is 70.2 Å². The molecule has 0 radical (unpaired) electrons. The van der Waals surface area contributed by atoms with Crippen molar-refractivity contribution in [2.75, 3.05) is 6.61 Å². The molecule has 2 fully saturated rings. The van der Waals surface area contributed by atoms with E-state index in [2.05, 4.69) is 27.0 Å². The molecule has 0 bridgehead atoms. The van der Waals surface area contributed by atoms with Gasteiger partial charge >= 0.3 is 6.18 Å². The maximum atomic E-state index is 13.1. The second-order valence-electron chi connectivity index (χ2n) is 9.48. The quantitative estimate of drug-likeness (QED) is 0.462. The highest BCUT2D eigenvalue weighted by Gasteiger charge is 2.39. The maximum Gasteiger partial charge on any atom is 0.420 e. The third-order valence-corrected chi connectivity index (χ3v) is 6.98. The molecule has 0 N–H and O–H groups in total. The number of hydrogen-bond donors (Lipinski definition) is 0. The standard InChI is InChI=1S/C25H24F3N5O/c1-13-14(2)31-24-21(30-13)10-20(32-23(24)16-7-18(8-16)25(26,27)28)15-5-6-34-22(9-15)17-11-29-33(12-17)19-3-4-19/h10-12,15,19,22H,3-7,9H2,1-2H3. The van der Waals surface area contributed by atoms with Gasteiger partial charge in [-0.25, -0.2) is 15.0 Å². The van der Waals surface area contributed by atoms with Crippen molar-refractivity contribution in [2.24, 2.45) is 0 Å². The van der Waals surface area contributed by atoms with Crippen LogP contribution in [0.3, 0.4) is 0 Å². The number of aromatic nitrogens is 5. The largest absolute Gasteiger partial charge is 0.420 e. The Hall–Kier alpha value is -3.03. The van der Waals surface area contributed by atoms with Crippen molar-refractivity contribution < 1.29 is 17.9 Å². The molecule has 2 aliphatic carbocycles. The zero-order chi connectivity index (χ0) is 23.6. The normalized spacial score (nSPS) is 23.0. The highest BCUT2D eigenvalue weighted by atomic mass is 19.4. The number of allylic oxidation sites excluding steroid dienone is 1. The Morgan fingerprint density at radius 2 is 1.85 bits per heavy atom. The molecule has 3 aromatic rings. The second-order valence-corrected chi connectivity index (χ2v) is 9.48. The Kier molecular flexibility index (Phi) is 4.90. The first kappa shape index (κ1) is 21.5. The third kappa shape index (κ3) is 3.83. The van der Waals surface area contributed by atoms with E-state index in [0.29, 0.717) is 34.9 Å². The van der Waals surface area contributed by atoms with Gasteiger partial charge in [-0.1, -0.05) is 0 Å². The molecule has 2 atom stereocenters. The van der Waals surface area contributed by atoms with Gasteiger partial charge in [-0.2, -0.15) is 18.3 Å². The van der Waals surface area contributed by atoms with Gasteiger partial charge in [0.05, 0.1) is 40.8 Å². The topological polar surface area (TPSA) is 65.7 Å². The second kappa shape index (κ2) is 7.75. The average molecular weight is 467 g/mol. The fraction of sp³-hybridized carbons (Fsp3) is 0.480. The molecule has 2 unspecified atom stereocenters. The van der Waals surface area contributed by atoms with Crippen LogP contribution in [0, 0.1) is 13.8 Å². The lowest BCUT2D eigenvalue weighted by atomic mass is 9.88. The molecule has 0 aromatic carbocycles. The summed E-state index contributed by atoms with van der Waals surface area (Å²) in [5.74, 6) is 0.0985. The predicted molar refractivity (Wildman–Crippen MR) is 119 cm³/mol. The lowest BCUT2D eigenvalue weighted by Crippen LogP contribution is -2.20. The van der Waals surface area contributed by atoms with Crippen LogP contribution in [0.5, 0.6) is 0 Å².